The molecule has 3 nitrogen and oxygen atoms in total. The fourth-order valence-corrected chi connectivity index (χ4v) is 1.52. The Morgan fingerprint density at radius 1 is 1.36 bits per heavy atom. The van der Waals surface area contributed by atoms with Gasteiger partial charge >= 0.3 is 0 Å². The first kappa shape index (κ1) is 11.1. The van der Waals surface area contributed by atoms with Gasteiger partial charge in [-0.25, -0.2) is 0 Å². The summed E-state index contributed by atoms with van der Waals surface area (Å²) in [5.74, 6) is 0. The molecule has 0 aliphatic carbocycles. The van der Waals surface area contributed by atoms with Crippen LogP contribution in [0.25, 0.3) is 0 Å². The molecule has 14 heavy (non-hydrogen) atoms. The average Bonchev–Trinajstić information content (AvgIpc) is 2.25. The molecular formula is C11H19N3. The molecule has 0 aliphatic heterocycles. The van der Waals surface area contributed by atoms with Crippen LogP contribution in [0, 0.1) is 0 Å². The third-order valence-electron chi connectivity index (χ3n) is 2.35. The van der Waals surface area contributed by atoms with E-state index in [0.717, 1.165) is 25.1 Å². The molecule has 0 amide bonds. The fourth-order valence-electron chi connectivity index (χ4n) is 1.52. The molecule has 1 aromatic rings. The van der Waals surface area contributed by atoms with E-state index in [1.807, 2.05) is 6.20 Å². The van der Waals surface area contributed by atoms with Gasteiger partial charge in [-0.3, -0.25) is 9.97 Å². The first-order valence-electron chi connectivity index (χ1n) is 5.35. The van der Waals surface area contributed by atoms with Gasteiger partial charge in [0.15, 0.2) is 0 Å². The number of nitrogens with zero attached hydrogens (tertiary/aromatic N) is 2. The van der Waals surface area contributed by atoms with Crippen LogP contribution in [0.1, 0.15) is 32.4 Å². The van der Waals surface area contributed by atoms with Crippen LogP contribution in [0.4, 0.5) is 0 Å². The van der Waals surface area contributed by atoms with Gasteiger partial charge in [0.25, 0.3) is 0 Å². The third-order valence-corrected chi connectivity index (χ3v) is 2.35. The van der Waals surface area contributed by atoms with Gasteiger partial charge in [-0.1, -0.05) is 13.8 Å². The normalized spacial score (nSPS) is 12.7. The molecular weight excluding hydrogens is 174 g/mol. The first-order chi connectivity index (χ1) is 6.86. The Bertz CT molecular complexity index is 236. The van der Waals surface area contributed by atoms with Crippen molar-refractivity contribution in [3.63, 3.8) is 0 Å². The van der Waals surface area contributed by atoms with E-state index in [0.29, 0.717) is 6.04 Å². The Labute approximate surface area is 86.0 Å². The lowest BCUT2D eigenvalue weighted by Gasteiger charge is -2.14. The van der Waals surface area contributed by atoms with Crippen molar-refractivity contribution >= 4 is 0 Å². The summed E-state index contributed by atoms with van der Waals surface area (Å²) >= 11 is 0. The molecule has 78 valence electrons. The highest BCUT2D eigenvalue weighted by Gasteiger charge is 2.04. The lowest BCUT2D eigenvalue weighted by atomic mass is 10.1. The number of aromatic nitrogens is 2. The molecule has 0 spiro atoms. The lowest BCUT2D eigenvalue weighted by Crippen LogP contribution is -2.28. The predicted octanol–water partition coefficient (Wildman–Crippen LogP) is 1.80. The van der Waals surface area contributed by atoms with Gasteiger partial charge in [0.05, 0.1) is 5.69 Å². The van der Waals surface area contributed by atoms with E-state index in [-0.39, 0.29) is 0 Å². The quantitative estimate of drug-likeness (QED) is 0.748. The van der Waals surface area contributed by atoms with Crippen molar-refractivity contribution in [3.05, 3.63) is 24.3 Å². The van der Waals surface area contributed by atoms with Gasteiger partial charge in [-0.15, -0.1) is 0 Å². The van der Waals surface area contributed by atoms with Crippen LogP contribution >= 0.6 is 0 Å². The molecule has 1 aromatic heterocycles. The number of aryl methyl sites for hydroxylation is 1. The SMILES string of the molecule is CCNC(CC)CCc1cnccn1. The van der Waals surface area contributed by atoms with Gasteiger partial charge in [0.2, 0.25) is 0 Å². The maximum atomic E-state index is 4.25. The van der Waals surface area contributed by atoms with Crippen LogP contribution < -0.4 is 5.32 Å². The molecule has 1 rings (SSSR count). The molecule has 0 aliphatic rings. The van der Waals surface area contributed by atoms with Crippen LogP contribution in [0.5, 0.6) is 0 Å². The van der Waals surface area contributed by atoms with Gasteiger partial charge < -0.3 is 5.32 Å². The van der Waals surface area contributed by atoms with Crippen LogP contribution in [0.15, 0.2) is 18.6 Å². The first-order valence-corrected chi connectivity index (χ1v) is 5.35. The summed E-state index contributed by atoms with van der Waals surface area (Å²) in [7, 11) is 0. The number of rotatable bonds is 6. The molecule has 3 heteroatoms. The minimum Gasteiger partial charge on any atom is -0.314 e. The highest BCUT2D eigenvalue weighted by Crippen LogP contribution is 2.03. The highest BCUT2D eigenvalue weighted by molar-refractivity contribution is 4.95. The smallest absolute Gasteiger partial charge is 0.0587 e. The maximum absolute atomic E-state index is 4.25. The largest absolute Gasteiger partial charge is 0.314 e. The molecule has 1 heterocycles. The van der Waals surface area contributed by atoms with E-state index >= 15 is 0 Å². The number of hydrogen-bond donors (Lipinski definition) is 1. The molecule has 0 radical (unpaired) electrons. The lowest BCUT2D eigenvalue weighted by molar-refractivity contribution is 0.478. The maximum Gasteiger partial charge on any atom is 0.0587 e. The summed E-state index contributed by atoms with van der Waals surface area (Å²) in [5, 5.41) is 3.45. The van der Waals surface area contributed by atoms with Crippen molar-refractivity contribution in [1.29, 1.82) is 0 Å². The predicted molar refractivity (Wildman–Crippen MR) is 58.1 cm³/mol. The highest BCUT2D eigenvalue weighted by atomic mass is 14.9. The van der Waals surface area contributed by atoms with Crippen molar-refractivity contribution in [3.8, 4) is 0 Å². The van der Waals surface area contributed by atoms with Gasteiger partial charge in [-0.05, 0) is 25.8 Å². The zero-order chi connectivity index (χ0) is 10.2. The summed E-state index contributed by atoms with van der Waals surface area (Å²) in [6.07, 6.45) is 8.64. The van der Waals surface area contributed by atoms with Crippen LogP contribution in [0.3, 0.4) is 0 Å². The Morgan fingerprint density at radius 3 is 2.79 bits per heavy atom. The summed E-state index contributed by atoms with van der Waals surface area (Å²) in [6, 6.07) is 0.613. The van der Waals surface area contributed by atoms with Crippen molar-refractivity contribution in [2.75, 3.05) is 6.54 Å². The summed E-state index contributed by atoms with van der Waals surface area (Å²) in [4.78, 5) is 8.31. The molecule has 0 bridgehead atoms. The van der Waals surface area contributed by atoms with Crippen molar-refractivity contribution in [2.45, 2.75) is 39.2 Å². The van der Waals surface area contributed by atoms with Crippen LogP contribution in [-0.4, -0.2) is 22.6 Å². The van der Waals surface area contributed by atoms with E-state index in [9.17, 15) is 0 Å². The standard InChI is InChI=1S/C11H19N3/c1-3-10(13-4-2)5-6-11-9-12-7-8-14-11/h7-10,13H,3-6H2,1-2H3. The van der Waals surface area contributed by atoms with Gasteiger partial charge in [0, 0.05) is 24.6 Å². The average molecular weight is 193 g/mol. The van der Waals surface area contributed by atoms with Crippen molar-refractivity contribution < 1.29 is 0 Å². The molecule has 1 N–H and O–H groups in total. The third kappa shape index (κ3) is 3.83. The van der Waals surface area contributed by atoms with Gasteiger partial charge in [0.1, 0.15) is 0 Å². The molecule has 1 atom stereocenters. The van der Waals surface area contributed by atoms with Gasteiger partial charge in [-0.2, -0.15) is 0 Å². The molecule has 0 aromatic carbocycles. The Balaban J connectivity index is 2.32. The zero-order valence-electron chi connectivity index (χ0n) is 9.03. The van der Waals surface area contributed by atoms with E-state index in [1.54, 1.807) is 12.4 Å². The van der Waals surface area contributed by atoms with E-state index < -0.39 is 0 Å². The minimum atomic E-state index is 0.613. The van der Waals surface area contributed by atoms with E-state index in [2.05, 4.69) is 29.1 Å². The second-order valence-electron chi connectivity index (χ2n) is 3.40. The summed E-state index contributed by atoms with van der Waals surface area (Å²) in [5.41, 5.74) is 1.09. The van der Waals surface area contributed by atoms with E-state index in [4.69, 9.17) is 0 Å². The van der Waals surface area contributed by atoms with Crippen LogP contribution in [0.2, 0.25) is 0 Å². The molecule has 1 unspecified atom stereocenters. The number of hydrogen-bond acceptors (Lipinski definition) is 3. The fraction of sp³-hybridized carbons (Fsp3) is 0.636. The monoisotopic (exact) mass is 193 g/mol. The Hall–Kier alpha value is -0.960. The topological polar surface area (TPSA) is 37.8 Å². The Kier molecular flexibility index (Phi) is 5.15. The van der Waals surface area contributed by atoms with E-state index in [1.165, 1.54) is 6.42 Å². The second kappa shape index (κ2) is 6.49. The summed E-state index contributed by atoms with van der Waals surface area (Å²) in [6.45, 7) is 5.40. The molecule has 0 saturated carbocycles. The van der Waals surface area contributed by atoms with Crippen molar-refractivity contribution in [1.82, 2.24) is 15.3 Å². The van der Waals surface area contributed by atoms with Crippen molar-refractivity contribution in [2.24, 2.45) is 0 Å². The minimum absolute atomic E-state index is 0.613. The Morgan fingerprint density at radius 2 is 2.21 bits per heavy atom. The second-order valence-corrected chi connectivity index (χ2v) is 3.40. The number of nitrogens with one attached hydrogen (secondary N) is 1. The van der Waals surface area contributed by atoms with Crippen LogP contribution in [-0.2, 0) is 6.42 Å². The summed E-state index contributed by atoms with van der Waals surface area (Å²) < 4.78 is 0. The molecule has 0 saturated heterocycles. The zero-order valence-corrected chi connectivity index (χ0v) is 9.03. The molecule has 0 fully saturated rings.